The van der Waals surface area contributed by atoms with E-state index in [0.29, 0.717) is 11.3 Å². The molecular weight excluding hydrogens is 191 g/mol. The van der Waals surface area contributed by atoms with E-state index in [9.17, 15) is 10.0 Å². The van der Waals surface area contributed by atoms with Crippen LogP contribution in [0.3, 0.4) is 0 Å². The van der Waals surface area contributed by atoms with Crippen molar-refractivity contribution in [2.45, 2.75) is 20.3 Å². The monoisotopic (exact) mass is 208 g/mol. The third-order valence-electron chi connectivity index (χ3n) is 2.53. The van der Waals surface area contributed by atoms with Gasteiger partial charge in [0.25, 0.3) is 0 Å². The SMILES string of the molecule is CCc1ccnc(N(C)CC)c1B(O)O. The number of hydrogen-bond donors (Lipinski definition) is 2. The van der Waals surface area contributed by atoms with E-state index in [0.717, 1.165) is 18.5 Å². The van der Waals surface area contributed by atoms with Gasteiger partial charge in [0.1, 0.15) is 5.82 Å². The molecule has 0 aliphatic carbocycles. The molecule has 0 aliphatic heterocycles. The molecule has 5 heteroatoms. The number of nitrogens with zero attached hydrogens (tertiary/aromatic N) is 2. The van der Waals surface area contributed by atoms with E-state index in [1.165, 1.54) is 0 Å². The molecule has 0 unspecified atom stereocenters. The summed E-state index contributed by atoms with van der Waals surface area (Å²) >= 11 is 0. The summed E-state index contributed by atoms with van der Waals surface area (Å²) in [4.78, 5) is 6.08. The summed E-state index contributed by atoms with van der Waals surface area (Å²) < 4.78 is 0. The predicted octanol–water partition coefficient (Wildman–Crippen LogP) is -0.220. The Balaban J connectivity index is 3.25. The normalized spacial score (nSPS) is 10.2. The molecule has 0 radical (unpaired) electrons. The van der Waals surface area contributed by atoms with Crippen LogP contribution in [0.5, 0.6) is 0 Å². The van der Waals surface area contributed by atoms with Crippen LogP contribution in [0.25, 0.3) is 0 Å². The highest BCUT2D eigenvalue weighted by Gasteiger charge is 2.22. The van der Waals surface area contributed by atoms with E-state index < -0.39 is 7.12 Å². The number of aryl methyl sites for hydroxylation is 1. The molecule has 1 aromatic heterocycles. The fourth-order valence-electron chi connectivity index (χ4n) is 1.54. The van der Waals surface area contributed by atoms with Crippen LogP contribution in [0.15, 0.2) is 12.3 Å². The van der Waals surface area contributed by atoms with Crippen molar-refractivity contribution < 1.29 is 10.0 Å². The van der Waals surface area contributed by atoms with E-state index >= 15 is 0 Å². The van der Waals surface area contributed by atoms with Crippen molar-refractivity contribution in [3.63, 3.8) is 0 Å². The second-order valence-electron chi connectivity index (χ2n) is 3.45. The molecule has 1 heterocycles. The Morgan fingerprint density at radius 3 is 2.53 bits per heavy atom. The second-order valence-corrected chi connectivity index (χ2v) is 3.45. The molecule has 0 aromatic carbocycles. The van der Waals surface area contributed by atoms with Gasteiger partial charge in [0.15, 0.2) is 0 Å². The Bertz CT molecular complexity index is 331. The number of anilines is 1. The summed E-state index contributed by atoms with van der Waals surface area (Å²) in [6.45, 7) is 4.75. The minimum Gasteiger partial charge on any atom is -0.423 e. The fourth-order valence-corrected chi connectivity index (χ4v) is 1.54. The lowest BCUT2D eigenvalue weighted by molar-refractivity contribution is 0.425. The van der Waals surface area contributed by atoms with E-state index in [1.54, 1.807) is 6.20 Å². The van der Waals surface area contributed by atoms with Crippen LogP contribution in [-0.4, -0.2) is 35.7 Å². The molecule has 1 rings (SSSR count). The number of rotatable bonds is 4. The van der Waals surface area contributed by atoms with Crippen LogP contribution in [0.1, 0.15) is 19.4 Å². The first-order valence-electron chi connectivity index (χ1n) is 5.16. The van der Waals surface area contributed by atoms with Gasteiger partial charge in [-0.2, -0.15) is 0 Å². The van der Waals surface area contributed by atoms with E-state index in [-0.39, 0.29) is 0 Å². The second kappa shape index (κ2) is 5.14. The van der Waals surface area contributed by atoms with E-state index in [4.69, 9.17) is 0 Å². The van der Waals surface area contributed by atoms with E-state index in [1.807, 2.05) is 31.9 Å². The first-order valence-corrected chi connectivity index (χ1v) is 5.16. The van der Waals surface area contributed by atoms with Crippen molar-refractivity contribution in [3.8, 4) is 0 Å². The van der Waals surface area contributed by atoms with Gasteiger partial charge in [-0.3, -0.25) is 0 Å². The zero-order valence-corrected chi connectivity index (χ0v) is 9.44. The van der Waals surface area contributed by atoms with E-state index in [2.05, 4.69) is 4.98 Å². The molecule has 82 valence electrons. The molecule has 1 aromatic rings. The maximum Gasteiger partial charge on any atom is 0.492 e. The molecule has 4 nitrogen and oxygen atoms in total. The lowest BCUT2D eigenvalue weighted by Crippen LogP contribution is -2.39. The van der Waals surface area contributed by atoms with Crippen molar-refractivity contribution in [2.75, 3.05) is 18.5 Å². The Hall–Kier alpha value is -1.07. The number of pyridine rings is 1. The highest BCUT2D eigenvalue weighted by Crippen LogP contribution is 2.09. The molecular formula is C10H17BN2O2. The topological polar surface area (TPSA) is 56.6 Å². The van der Waals surface area contributed by atoms with Crippen LogP contribution in [0, 0.1) is 0 Å². The van der Waals surface area contributed by atoms with Crippen molar-refractivity contribution in [2.24, 2.45) is 0 Å². The minimum atomic E-state index is -1.46. The van der Waals surface area contributed by atoms with Gasteiger partial charge in [0.05, 0.1) is 0 Å². The smallest absolute Gasteiger partial charge is 0.423 e. The quantitative estimate of drug-likeness (QED) is 0.671. The summed E-state index contributed by atoms with van der Waals surface area (Å²) in [6, 6.07) is 1.82. The van der Waals surface area contributed by atoms with Gasteiger partial charge >= 0.3 is 7.12 Å². The van der Waals surface area contributed by atoms with Gasteiger partial charge < -0.3 is 14.9 Å². The Morgan fingerprint density at radius 1 is 1.40 bits per heavy atom. The van der Waals surface area contributed by atoms with Gasteiger partial charge in [0.2, 0.25) is 0 Å². The number of aromatic nitrogens is 1. The van der Waals surface area contributed by atoms with Crippen molar-refractivity contribution in [1.82, 2.24) is 4.98 Å². The van der Waals surface area contributed by atoms with Crippen LogP contribution in [-0.2, 0) is 6.42 Å². The summed E-state index contributed by atoms with van der Waals surface area (Å²) in [6.07, 6.45) is 2.46. The first-order chi connectivity index (χ1) is 7.11. The highest BCUT2D eigenvalue weighted by molar-refractivity contribution is 6.61. The summed E-state index contributed by atoms with van der Waals surface area (Å²) in [5.74, 6) is 0.645. The molecule has 0 spiro atoms. The highest BCUT2D eigenvalue weighted by atomic mass is 16.4. The van der Waals surface area contributed by atoms with Crippen LogP contribution in [0.2, 0.25) is 0 Å². The maximum absolute atomic E-state index is 9.35. The average molecular weight is 208 g/mol. The zero-order valence-electron chi connectivity index (χ0n) is 9.44. The van der Waals surface area contributed by atoms with Gasteiger partial charge in [-0.25, -0.2) is 4.98 Å². The standard InChI is InChI=1S/C10H17BN2O2/c1-4-8-6-7-12-10(13(3)5-2)9(8)11(14)15/h6-7,14-15H,4-5H2,1-3H3. The average Bonchev–Trinajstić information content (AvgIpc) is 2.26. The minimum absolute atomic E-state index is 0.518. The van der Waals surface area contributed by atoms with Gasteiger partial charge in [-0.05, 0) is 25.0 Å². The van der Waals surface area contributed by atoms with Crippen LogP contribution >= 0.6 is 0 Å². The van der Waals surface area contributed by atoms with Crippen LogP contribution < -0.4 is 10.4 Å². The lowest BCUT2D eigenvalue weighted by Gasteiger charge is -2.20. The predicted molar refractivity (Wildman–Crippen MR) is 62.4 cm³/mol. The third kappa shape index (κ3) is 2.49. The molecule has 0 saturated heterocycles. The van der Waals surface area contributed by atoms with Gasteiger partial charge in [-0.1, -0.05) is 6.92 Å². The Labute approximate surface area is 90.7 Å². The largest absolute Gasteiger partial charge is 0.492 e. The molecule has 0 amide bonds. The molecule has 0 fully saturated rings. The Morgan fingerprint density at radius 2 is 2.07 bits per heavy atom. The molecule has 0 bridgehead atoms. The van der Waals surface area contributed by atoms with Crippen molar-refractivity contribution in [3.05, 3.63) is 17.8 Å². The summed E-state index contributed by atoms with van der Waals surface area (Å²) in [5.41, 5.74) is 1.44. The van der Waals surface area contributed by atoms with Crippen molar-refractivity contribution in [1.29, 1.82) is 0 Å². The van der Waals surface area contributed by atoms with Gasteiger partial charge in [-0.15, -0.1) is 0 Å². The first kappa shape index (κ1) is 12.0. The summed E-state index contributed by atoms with van der Waals surface area (Å²) in [5, 5.41) is 18.7. The Kier molecular flexibility index (Phi) is 4.11. The summed E-state index contributed by atoms with van der Waals surface area (Å²) in [7, 11) is 0.422. The number of hydrogen-bond acceptors (Lipinski definition) is 4. The third-order valence-corrected chi connectivity index (χ3v) is 2.53. The molecule has 2 N–H and O–H groups in total. The molecule has 0 saturated carbocycles. The maximum atomic E-state index is 9.35. The fraction of sp³-hybridized carbons (Fsp3) is 0.500. The zero-order chi connectivity index (χ0) is 11.4. The lowest BCUT2D eigenvalue weighted by atomic mass is 9.76. The van der Waals surface area contributed by atoms with Crippen LogP contribution in [0.4, 0.5) is 5.82 Å². The molecule has 0 aliphatic rings. The molecule has 15 heavy (non-hydrogen) atoms. The van der Waals surface area contributed by atoms with Crippen molar-refractivity contribution >= 4 is 18.4 Å². The molecule has 0 atom stereocenters. The van der Waals surface area contributed by atoms with Gasteiger partial charge in [0, 0.05) is 25.3 Å².